The topological polar surface area (TPSA) is 17.1 Å². The molecule has 0 heterocycles. The molecule has 9 rings (SSSR count). The molecule has 3 atom stereocenters. The third kappa shape index (κ3) is 1.14. The maximum atomic E-state index is 13.5. The van der Waals surface area contributed by atoms with E-state index in [0.29, 0.717) is 17.1 Å². The van der Waals surface area contributed by atoms with Crippen LogP contribution in [0, 0.1) is 23.2 Å². The maximum absolute atomic E-state index is 13.5. The SMILES string of the molecule is O=C1c2ccc3cc2CCC1C12CCC(C1)C1=C2C2CCC13CC2. The Bertz CT molecular complexity index is 851. The summed E-state index contributed by atoms with van der Waals surface area (Å²) in [5, 5.41) is 0. The lowest BCUT2D eigenvalue weighted by Crippen LogP contribution is -2.48. The van der Waals surface area contributed by atoms with E-state index < -0.39 is 0 Å². The van der Waals surface area contributed by atoms with Crippen molar-refractivity contribution in [2.75, 3.05) is 0 Å². The van der Waals surface area contributed by atoms with E-state index in [1.807, 2.05) is 11.1 Å². The standard InChI is InChI=1S/C23H24O/c24-21-17-3-2-16-11-14(17)1-4-18(21)23-10-7-15(12-23)20-19(23)13-5-8-22(16,20)9-6-13/h2-3,11,13,15,18H,1,4-10,12H2. The smallest absolute Gasteiger partial charge is 0.167 e. The van der Waals surface area contributed by atoms with Gasteiger partial charge in [-0.05, 0) is 80.8 Å². The molecule has 1 heteroatoms. The lowest BCUT2D eigenvalue weighted by molar-refractivity contribution is 0.0733. The first-order chi connectivity index (χ1) is 11.7. The van der Waals surface area contributed by atoms with E-state index in [1.165, 1.54) is 50.5 Å². The minimum atomic E-state index is 0.276. The summed E-state index contributed by atoms with van der Waals surface area (Å²) in [4.78, 5) is 13.5. The van der Waals surface area contributed by atoms with Crippen LogP contribution in [0.2, 0.25) is 0 Å². The van der Waals surface area contributed by atoms with Crippen LogP contribution in [0.3, 0.4) is 0 Å². The number of ketones is 1. The lowest BCUT2D eigenvalue weighted by atomic mass is 9.48. The second-order valence-corrected chi connectivity index (χ2v) is 9.61. The number of rotatable bonds is 0. The van der Waals surface area contributed by atoms with Crippen molar-refractivity contribution in [3.8, 4) is 0 Å². The Labute approximate surface area is 143 Å². The summed E-state index contributed by atoms with van der Waals surface area (Å²) in [7, 11) is 0. The van der Waals surface area contributed by atoms with E-state index >= 15 is 0 Å². The highest BCUT2D eigenvalue weighted by Crippen LogP contribution is 2.73. The highest BCUT2D eigenvalue weighted by Gasteiger charge is 2.65. The molecule has 122 valence electrons. The van der Waals surface area contributed by atoms with Crippen LogP contribution in [-0.2, 0) is 11.8 Å². The molecular weight excluding hydrogens is 292 g/mol. The van der Waals surface area contributed by atoms with E-state index in [2.05, 4.69) is 18.2 Å². The first-order valence-electron chi connectivity index (χ1n) is 10.2. The van der Waals surface area contributed by atoms with Crippen molar-refractivity contribution in [3.05, 3.63) is 46.0 Å². The van der Waals surface area contributed by atoms with Crippen molar-refractivity contribution >= 4 is 5.78 Å². The molecule has 2 saturated carbocycles. The van der Waals surface area contributed by atoms with Gasteiger partial charge in [0.2, 0.25) is 0 Å². The predicted octanol–water partition coefficient (Wildman–Crippen LogP) is 4.98. The Kier molecular flexibility index (Phi) is 2.01. The Hall–Kier alpha value is -1.37. The molecular formula is C23H24O. The lowest BCUT2D eigenvalue weighted by Gasteiger charge is -2.55. The van der Waals surface area contributed by atoms with Crippen molar-refractivity contribution < 1.29 is 4.79 Å². The molecule has 2 spiro atoms. The van der Waals surface area contributed by atoms with Crippen LogP contribution in [0.15, 0.2) is 29.3 Å². The molecule has 3 unspecified atom stereocenters. The summed E-state index contributed by atoms with van der Waals surface area (Å²) in [6.07, 6.45) is 11.7. The van der Waals surface area contributed by atoms with E-state index in [1.54, 1.807) is 5.56 Å². The van der Waals surface area contributed by atoms with Gasteiger partial charge in [-0.15, -0.1) is 0 Å². The van der Waals surface area contributed by atoms with Crippen LogP contribution < -0.4 is 0 Å². The number of carbonyl (C=O) groups is 1. The Balaban J connectivity index is 1.66. The summed E-state index contributed by atoms with van der Waals surface area (Å²) in [6.45, 7) is 0. The molecule has 8 aliphatic rings. The van der Waals surface area contributed by atoms with Crippen LogP contribution in [-0.4, -0.2) is 5.78 Å². The summed E-state index contributed by atoms with van der Waals surface area (Å²) in [5.41, 5.74) is 8.37. The minimum Gasteiger partial charge on any atom is -0.294 e. The highest BCUT2D eigenvalue weighted by molar-refractivity contribution is 6.01. The van der Waals surface area contributed by atoms with E-state index in [9.17, 15) is 4.79 Å². The summed E-state index contributed by atoms with van der Waals surface area (Å²) >= 11 is 0. The fraction of sp³-hybridized carbons (Fsp3) is 0.609. The van der Waals surface area contributed by atoms with Gasteiger partial charge in [0.05, 0.1) is 0 Å². The number of carbonyl (C=O) groups excluding carboxylic acids is 1. The van der Waals surface area contributed by atoms with Crippen LogP contribution in [0.1, 0.15) is 72.9 Å². The van der Waals surface area contributed by atoms with Crippen molar-refractivity contribution in [2.45, 2.75) is 63.2 Å². The van der Waals surface area contributed by atoms with Crippen LogP contribution in [0.5, 0.6) is 0 Å². The van der Waals surface area contributed by atoms with Gasteiger partial charge in [-0.2, -0.15) is 0 Å². The third-order valence-electron chi connectivity index (χ3n) is 9.16. The molecule has 10 bridgehead atoms. The summed E-state index contributed by atoms with van der Waals surface area (Å²) in [5.74, 6) is 2.41. The number of hydrogen-bond donors (Lipinski definition) is 0. The van der Waals surface area contributed by atoms with Crippen molar-refractivity contribution in [1.29, 1.82) is 0 Å². The quantitative estimate of drug-likeness (QED) is 0.617. The van der Waals surface area contributed by atoms with Crippen LogP contribution in [0.4, 0.5) is 0 Å². The van der Waals surface area contributed by atoms with Gasteiger partial charge < -0.3 is 0 Å². The molecule has 1 aromatic carbocycles. The van der Waals surface area contributed by atoms with Crippen molar-refractivity contribution in [2.24, 2.45) is 23.2 Å². The van der Waals surface area contributed by atoms with Gasteiger partial charge in [0.1, 0.15) is 0 Å². The normalized spacial score (nSPS) is 46.3. The van der Waals surface area contributed by atoms with Crippen molar-refractivity contribution in [3.63, 3.8) is 0 Å². The number of benzene rings is 1. The summed E-state index contributed by atoms with van der Waals surface area (Å²) < 4.78 is 0. The Morgan fingerprint density at radius 3 is 2.62 bits per heavy atom. The number of fused-ring (bicyclic) bond motifs is 5. The molecule has 1 aromatic rings. The average Bonchev–Trinajstić information content (AvgIpc) is 3.21. The van der Waals surface area contributed by atoms with Gasteiger partial charge in [0.25, 0.3) is 0 Å². The van der Waals surface area contributed by atoms with Crippen LogP contribution >= 0.6 is 0 Å². The van der Waals surface area contributed by atoms with Gasteiger partial charge in [0, 0.05) is 22.3 Å². The monoisotopic (exact) mass is 316 g/mol. The van der Waals surface area contributed by atoms with E-state index in [4.69, 9.17) is 0 Å². The van der Waals surface area contributed by atoms with Gasteiger partial charge in [-0.1, -0.05) is 29.3 Å². The van der Waals surface area contributed by atoms with Crippen LogP contribution in [0.25, 0.3) is 0 Å². The molecule has 0 radical (unpaired) electrons. The van der Waals surface area contributed by atoms with E-state index in [-0.39, 0.29) is 5.41 Å². The average molecular weight is 316 g/mol. The fourth-order valence-corrected chi connectivity index (χ4v) is 8.43. The first kappa shape index (κ1) is 12.9. The second-order valence-electron chi connectivity index (χ2n) is 9.61. The molecule has 0 aliphatic heterocycles. The number of aryl methyl sites for hydroxylation is 1. The highest BCUT2D eigenvalue weighted by atomic mass is 16.1. The molecule has 8 aliphatic carbocycles. The van der Waals surface area contributed by atoms with Gasteiger partial charge in [-0.25, -0.2) is 0 Å². The number of hydrogen-bond acceptors (Lipinski definition) is 1. The summed E-state index contributed by atoms with van der Waals surface area (Å²) in [6, 6.07) is 7.02. The molecule has 0 saturated heterocycles. The van der Waals surface area contributed by atoms with E-state index in [0.717, 1.165) is 30.2 Å². The van der Waals surface area contributed by atoms with Gasteiger partial charge >= 0.3 is 0 Å². The number of Topliss-reactive ketones (excluding diaryl/α,β-unsaturated/α-hetero) is 1. The molecule has 24 heavy (non-hydrogen) atoms. The second kappa shape index (κ2) is 3.74. The first-order valence-corrected chi connectivity index (χ1v) is 10.2. The van der Waals surface area contributed by atoms with Gasteiger partial charge in [0.15, 0.2) is 5.78 Å². The third-order valence-corrected chi connectivity index (χ3v) is 9.16. The minimum absolute atomic E-state index is 0.276. The zero-order chi connectivity index (χ0) is 15.7. The molecule has 0 N–H and O–H groups in total. The predicted molar refractivity (Wildman–Crippen MR) is 93.0 cm³/mol. The van der Waals surface area contributed by atoms with Gasteiger partial charge in [-0.3, -0.25) is 4.79 Å². The van der Waals surface area contributed by atoms with Crippen molar-refractivity contribution in [1.82, 2.24) is 0 Å². The Morgan fingerprint density at radius 2 is 1.75 bits per heavy atom. The zero-order valence-electron chi connectivity index (χ0n) is 14.2. The molecule has 1 nitrogen and oxygen atoms in total. The molecule has 0 aromatic heterocycles. The molecule has 2 fully saturated rings. The fourth-order valence-electron chi connectivity index (χ4n) is 8.43. The largest absolute Gasteiger partial charge is 0.294 e. The zero-order valence-corrected chi connectivity index (χ0v) is 14.2. The molecule has 0 amide bonds. The Morgan fingerprint density at radius 1 is 0.917 bits per heavy atom. The maximum Gasteiger partial charge on any atom is 0.167 e. The number of allylic oxidation sites excluding steroid dienone is 2.